The van der Waals surface area contributed by atoms with Gasteiger partial charge in [0.1, 0.15) is 0 Å². The van der Waals surface area contributed by atoms with E-state index in [0.717, 1.165) is 0 Å². The summed E-state index contributed by atoms with van der Waals surface area (Å²) in [7, 11) is -3.17. The topological polar surface area (TPSA) is 64.2 Å². The molecule has 0 amide bonds. The molecule has 0 fully saturated rings. The molecule has 0 atom stereocenters. The Bertz CT molecular complexity index is 835. The fourth-order valence-electron chi connectivity index (χ4n) is 2.28. The highest BCUT2D eigenvalue weighted by Gasteiger charge is 2.28. The summed E-state index contributed by atoms with van der Waals surface area (Å²) in [6.07, 6.45) is 0. The van der Waals surface area contributed by atoms with Crippen LogP contribution in [0.2, 0.25) is 5.02 Å². The maximum Gasteiger partial charge on any atom is 0.219 e. The van der Waals surface area contributed by atoms with Gasteiger partial charge in [0, 0.05) is 11.6 Å². The summed E-state index contributed by atoms with van der Waals surface area (Å²) in [6.45, 7) is 0.269. The van der Waals surface area contributed by atoms with Gasteiger partial charge in [-0.25, -0.2) is 8.42 Å². The monoisotopic (exact) mass is 330 g/mol. The third kappa shape index (κ3) is 2.15. The van der Waals surface area contributed by atoms with Crippen molar-refractivity contribution in [2.24, 2.45) is 0 Å². The molecule has 1 aliphatic rings. The van der Waals surface area contributed by atoms with E-state index in [1.54, 1.807) is 28.8 Å². The number of sulfone groups is 1. The van der Waals surface area contributed by atoms with E-state index in [0.29, 0.717) is 21.2 Å². The van der Waals surface area contributed by atoms with E-state index < -0.39 is 9.84 Å². The van der Waals surface area contributed by atoms with E-state index >= 15 is 0 Å². The van der Waals surface area contributed by atoms with E-state index in [1.807, 2.05) is 0 Å². The van der Waals surface area contributed by atoms with Gasteiger partial charge in [-0.15, -0.1) is 0 Å². The molecule has 1 aliphatic heterocycles. The normalized spacial score (nSPS) is 16.9. The van der Waals surface area contributed by atoms with Crippen molar-refractivity contribution in [3.63, 3.8) is 0 Å². The molecule has 0 spiro atoms. The first kappa shape index (κ1) is 13.7. The third-order valence-electron chi connectivity index (χ3n) is 3.29. The molecule has 106 valence electrons. The van der Waals surface area contributed by atoms with E-state index in [1.165, 1.54) is 4.57 Å². The Labute approximate surface area is 126 Å². The minimum Gasteiger partial charge on any atom is -0.493 e. The number of halogens is 1. The second-order valence-electron chi connectivity index (χ2n) is 4.61. The largest absolute Gasteiger partial charge is 0.493 e. The summed E-state index contributed by atoms with van der Waals surface area (Å²) in [5.74, 6) is -0.276. The van der Waals surface area contributed by atoms with Crippen LogP contribution in [0.5, 0.6) is 5.88 Å². The SMILES string of the molecule is O=S1(=O)CCn2c(c(O)n(-c3ccc(Cl)cc3)c2=S)C1. The lowest BCUT2D eigenvalue weighted by molar-refractivity contribution is 0.435. The Morgan fingerprint density at radius 2 is 1.90 bits per heavy atom. The van der Waals surface area contributed by atoms with Crippen molar-refractivity contribution in [3.05, 3.63) is 39.8 Å². The van der Waals surface area contributed by atoms with Crippen LogP contribution in [-0.2, 0) is 22.1 Å². The van der Waals surface area contributed by atoms with Gasteiger partial charge in [-0.2, -0.15) is 0 Å². The zero-order chi connectivity index (χ0) is 14.5. The second-order valence-corrected chi connectivity index (χ2v) is 7.59. The number of benzene rings is 1. The van der Waals surface area contributed by atoms with Gasteiger partial charge in [0.15, 0.2) is 14.6 Å². The van der Waals surface area contributed by atoms with Crippen LogP contribution in [0.3, 0.4) is 0 Å². The highest BCUT2D eigenvalue weighted by molar-refractivity contribution is 7.90. The van der Waals surface area contributed by atoms with E-state index in [4.69, 9.17) is 23.8 Å². The van der Waals surface area contributed by atoms with Crippen LogP contribution in [0.1, 0.15) is 5.69 Å². The Hall–Kier alpha value is -1.31. The van der Waals surface area contributed by atoms with E-state index in [2.05, 4.69) is 0 Å². The third-order valence-corrected chi connectivity index (χ3v) is 5.46. The molecule has 1 aromatic carbocycles. The predicted molar refractivity (Wildman–Crippen MR) is 78.8 cm³/mol. The van der Waals surface area contributed by atoms with E-state index in [9.17, 15) is 13.5 Å². The molecule has 2 heterocycles. The first-order chi connectivity index (χ1) is 9.39. The summed E-state index contributed by atoms with van der Waals surface area (Å²) >= 11 is 11.2. The van der Waals surface area contributed by atoms with Crippen molar-refractivity contribution >= 4 is 33.7 Å². The minimum absolute atomic E-state index is 0.0401. The van der Waals surface area contributed by atoms with Crippen molar-refractivity contribution in [1.82, 2.24) is 9.13 Å². The van der Waals surface area contributed by atoms with Crippen molar-refractivity contribution in [2.45, 2.75) is 12.3 Å². The lowest BCUT2D eigenvalue weighted by Gasteiger charge is -2.14. The molecule has 0 aliphatic carbocycles. The molecule has 0 saturated carbocycles. The molecular formula is C12H11ClN2O3S2. The van der Waals surface area contributed by atoms with Gasteiger partial charge in [-0.1, -0.05) is 11.6 Å². The summed E-state index contributed by atoms with van der Waals surface area (Å²) in [5.41, 5.74) is 0.993. The molecule has 1 N–H and O–H groups in total. The smallest absolute Gasteiger partial charge is 0.219 e. The quantitative estimate of drug-likeness (QED) is 0.815. The number of imidazole rings is 1. The molecule has 2 aromatic rings. The van der Waals surface area contributed by atoms with Crippen molar-refractivity contribution in [3.8, 4) is 11.6 Å². The molecule has 1 aromatic heterocycles. The molecule has 0 radical (unpaired) electrons. The average Bonchev–Trinajstić information content (AvgIpc) is 2.62. The standard InChI is InChI=1S/C12H11ClN2O3S2/c13-8-1-3-9(4-2-8)15-11(16)10-7-20(17,18)6-5-14(10)12(15)19/h1-4,16H,5-7H2. The van der Waals surface area contributed by atoms with E-state index in [-0.39, 0.29) is 23.9 Å². The lowest BCUT2D eigenvalue weighted by Crippen LogP contribution is -2.23. The maximum atomic E-state index is 11.7. The molecule has 3 rings (SSSR count). The number of hydrogen-bond donors (Lipinski definition) is 1. The first-order valence-electron chi connectivity index (χ1n) is 5.89. The van der Waals surface area contributed by atoms with Crippen LogP contribution < -0.4 is 0 Å². The summed E-state index contributed by atoms with van der Waals surface area (Å²) in [4.78, 5) is 0. The van der Waals surface area contributed by atoms with Gasteiger partial charge in [0.05, 0.1) is 22.9 Å². The van der Waals surface area contributed by atoms with Crippen molar-refractivity contribution < 1.29 is 13.5 Å². The first-order valence-corrected chi connectivity index (χ1v) is 8.49. The molecule has 5 nitrogen and oxygen atoms in total. The highest BCUT2D eigenvalue weighted by atomic mass is 35.5. The summed E-state index contributed by atoms with van der Waals surface area (Å²) in [6, 6.07) is 6.81. The summed E-state index contributed by atoms with van der Waals surface area (Å²) in [5, 5.41) is 10.9. The molecule has 8 heteroatoms. The van der Waals surface area contributed by atoms with Gasteiger partial charge in [0.2, 0.25) is 5.88 Å². The van der Waals surface area contributed by atoms with Gasteiger partial charge in [0.25, 0.3) is 0 Å². The Kier molecular flexibility index (Phi) is 3.15. The number of fused-ring (bicyclic) bond motifs is 1. The van der Waals surface area contributed by atoms with Gasteiger partial charge in [-0.3, -0.25) is 4.57 Å². The van der Waals surface area contributed by atoms with Gasteiger partial charge >= 0.3 is 0 Å². The number of aromatic nitrogens is 2. The van der Waals surface area contributed by atoms with Crippen LogP contribution >= 0.6 is 23.8 Å². The number of hydrogen-bond acceptors (Lipinski definition) is 4. The second kappa shape index (κ2) is 4.61. The van der Waals surface area contributed by atoms with Crippen LogP contribution in [0.15, 0.2) is 24.3 Å². The van der Waals surface area contributed by atoms with Crippen LogP contribution in [-0.4, -0.2) is 28.4 Å². The van der Waals surface area contributed by atoms with Crippen LogP contribution in [0, 0.1) is 4.77 Å². The fraction of sp³-hybridized carbons (Fsp3) is 0.250. The van der Waals surface area contributed by atoms with Crippen LogP contribution in [0.25, 0.3) is 5.69 Å². The van der Waals surface area contributed by atoms with Gasteiger partial charge in [-0.05, 0) is 36.5 Å². The zero-order valence-electron chi connectivity index (χ0n) is 10.3. The number of aromatic hydroxyl groups is 1. The molecule has 0 unspecified atom stereocenters. The minimum atomic E-state index is -3.17. The Morgan fingerprint density at radius 1 is 1.25 bits per heavy atom. The molecular weight excluding hydrogens is 320 g/mol. The number of nitrogens with zero attached hydrogens (tertiary/aromatic N) is 2. The molecule has 0 saturated heterocycles. The molecule has 20 heavy (non-hydrogen) atoms. The Morgan fingerprint density at radius 3 is 2.55 bits per heavy atom. The van der Waals surface area contributed by atoms with Crippen molar-refractivity contribution in [1.29, 1.82) is 0 Å². The highest BCUT2D eigenvalue weighted by Crippen LogP contribution is 2.30. The van der Waals surface area contributed by atoms with Crippen LogP contribution in [0.4, 0.5) is 0 Å². The average molecular weight is 331 g/mol. The van der Waals surface area contributed by atoms with Gasteiger partial charge < -0.3 is 9.67 Å². The maximum absolute atomic E-state index is 11.7. The predicted octanol–water partition coefficient (Wildman–Crippen LogP) is 2.30. The summed E-state index contributed by atoms with van der Waals surface area (Å²) < 4.78 is 26.9. The Balaban J connectivity index is 2.22. The fourth-order valence-corrected chi connectivity index (χ4v) is 4.11. The molecule has 0 bridgehead atoms. The number of rotatable bonds is 1. The lowest BCUT2D eigenvalue weighted by atomic mass is 10.3. The van der Waals surface area contributed by atoms with Crippen molar-refractivity contribution in [2.75, 3.05) is 5.75 Å². The zero-order valence-corrected chi connectivity index (χ0v) is 12.7.